The SMILES string of the molecule is [C-]#[N+]c1c(-c2cccc[n+]2C)c(C)cc2oc3ccccc3c12. The first-order chi connectivity index (χ1) is 11.2. The third-order valence-corrected chi connectivity index (χ3v) is 4.26. The summed E-state index contributed by atoms with van der Waals surface area (Å²) in [4.78, 5) is 3.88. The summed E-state index contributed by atoms with van der Waals surface area (Å²) < 4.78 is 7.99. The highest BCUT2D eigenvalue weighted by atomic mass is 16.3. The zero-order valence-electron chi connectivity index (χ0n) is 13.0. The van der Waals surface area contributed by atoms with Crippen molar-refractivity contribution in [2.24, 2.45) is 7.05 Å². The molecular weight excluding hydrogens is 284 g/mol. The Morgan fingerprint density at radius 2 is 1.83 bits per heavy atom. The van der Waals surface area contributed by atoms with E-state index >= 15 is 0 Å². The van der Waals surface area contributed by atoms with Crippen molar-refractivity contribution in [2.75, 3.05) is 0 Å². The van der Waals surface area contributed by atoms with E-state index < -0.39 is 0 Å². The normalized spacial score (nSPS) is 11.0. The van der Waals surface area contributed by atoms with Gasteiger partial charge in [0.05, 0.1) is 12.1 Å². The summed E-state index contributed by atoms with van der Waals surface area (Å²) >= 11 is 0. The number of fused-ring (bicyclic) bond motifs is 3. The van der Waals surface area contributed by atoms with Gasteiger partial charge >= 0.3 is 0 Å². The molecule has 0 spiro atoms. The van der Waals surface area contributed by atoms with Gasteiger partial charge < -0.3 is 4.42 Å². The van der Waals surface area contributed by atoms with Gasteiger partial charge in [0, 0.05) is 22.9 Å². The van der Waals surface area contributed by atoms with E-state index in [0.717, 1.165) is 38.8 Å². The van der Waals surface area contributed by atoms with Crippen LogP contribution in [0.15, 0.2) is 59.1 Å². The number of hydrogen-bond acceptors (Lipinski definition) is 1. The van der Waals surface area contributed by atoms with Gasteiger partial charge in [-0.15, -0.1) is 0 Å². The van der Waals surface area contributed by atoms with Crippen LogP contribution < -0.4 is 4.57 Å². The Bertz CT molecular complexity index is 1100. The maximum absolute atomic E-state index is 7.77. The first kappa shape index (κ1) is 13.5. The van der Waals surface area contributed by atoms with Gasteiger partial charge in [0.1, 0.15) is 18.2 Å². The van der Waals surface area contributed by atoms with Gasteiger partial charge in [-0.2, -0.15) is 0 Å². The van der Waals surface area contributed by atoms with Crippen LogP contribution in [0.1, 0.15) is 5.56 Å². The monoisotopic (exact) mass is 299 g/mol. The maximum Gasteiger partial charge on any atom is 0.212 e. The van der Waals surface area contributed by atoms with Crippen LogP contribution in [-0.2, 0) is 7.05 Å². The number of rotatable bonds is 1. The highest BCUT2D eigenvalue weighted by molar-refractivity contribution is 6.15. The van der Waals surface area contributed by atoms with Crippen molar-refractivity contribution in [3.8, 4) is 11.3 Å². The van der Waals surface area contributed by atoms with Crippen LogP contribution in [-0.4, -0.2) is 0 Å². The number of para-hydroxylation sites is 1. The highest BCUT2D eigenvalue weighted by Gasteiger charge is 2.22. The molecule has 3 heteroatoms. The number of benzene rings is 2. The van der Waals surface area contributed by atoms with E-state index in [4.69, 9.17) is 11.0 Å². The molecule has 23 heavy (non-hydrogen) atoms. The lowest BCUT2D eigenvalue weighted by atomic mass is 9.98. The smallest absolute Gasteiger partial charge is 0.212 e. The average Bonchev–Trinajstić information content (AvgIpc) is 2.92. The molecule has 0 atom stereocenters. The molecule has 4 aromatic rings. The predicted molar refractivity (Wildman–Crippen MR) is 91.3 cm³/mol. The Kier molecular flexibility index (Phi) is 2.92. The Morgan fingerprint density at radius 3 is 2.61 bits per heavy atom. The molecule has 0 aliphatic heterocycles. The van der Waals surface area contributed by atoms with Crippen molar-refractivity contribution in [1.29, 1.82) is 0 Å². The first-order valence-electron chi connectivity index (χ1n) is 7.48. The molecular formula is C20H15N2O+. The third kappa shape index (κ3) is 1.92. The van der Waals surface area contributed by atoms with Gasteiger partial charge in [0.2, 0.25) is 11.4 Å². The summed E-state index contributed by atoms with van der Waals surface area (Å²) in [5, 5.41) is 1.90. The van der Waals surface area contributed by atoms with Gasteiger partial charge in [-0.05, 0) is 30.7 Å². The quantitative estimate of drug-likeness (QED) is 0.360. The topological polar surface area (TPSA) is 21.4 Å². The molecule has 0 bridgehead atoms. The molecule has 0 radical (unpaired) electrons. The number of nitrogens with zero attached hydrogens (tertiary/aromatic N) is 2. The Morgan fingerprint density at radius 1 is 1.04 bits per heavy atom. The summed E-state index contributed by atoms with van der Waals surface area (Å²) in [6.07, 6.45) is 2.00. The van der Waals surface area contributed by atoms with Crippen LogP contribution in [0.2, 0.25) is 0 Å². The summed E-state index contributed by atoms with van der Waals surface area (Å²) in [7, 11) is 2.00. The lowest BCUT2D eigenvalue weighted by Crippen LogP contribution is -2.30. The minimum atomic E-state index is 0.659. The molecule has 0 N–H and O–H groups in total. The number of furan rings is 1. The number of hydrogen-bond donors (Lipinski definition) is 0. The highest BCUT2D eigenvalue weighted by Crippen LogP contribution is 2.43. The zero-order chi connectivity index (χ0) is 16.0. The fourth-order valence-corrected chi connectivity index (χ4v) is 3.21. The zero-order valence-corrected chi connectivity index (χ0v) is 13.0. The van der Waals surface area contributed by atoms with Gasteiger partial charge in [0.25, 0.3) is 0 Å². The van der Waals surface area contributed by atoms with Gasteiger partial charge in [0.15, 0.2) is 6.20 Å². The van der Waals surface area contributed by atoms with Crippen LogP contribution >= 0.6 is 0 Å². The van der Waals surface area contributed by atoms with Gasteiger partial charge in [-0.1, -0.05) is 18.2 Å². The second-order valence-corrected chi connectivity index (χ2v) is 5.70. The van der Waals surface area contributed by atoms with Crippen molar-refractivity contribution < 1.29 is 8.98 Å². The van der Waals surface area contributed by atoms with Gasteiger partial charge in [-0.3, -0.25) is 0 Å². The summed E-state index contributed by atoms with van der Waals surface area (Å²) in [6, 6.07) is 16.0. The fraction of sp³-hybridized carbons (Fsp3) is 0.100. The lowest BCUT2D eigenvalue weighted by molar-refractivity contribution is -0.660. The first-order valence-corrected chi connectivity index (χ1v) is 7.48. The number of pyridine rings is 1. The maximum atomic E-state index is 7.77. The van der Waals surface area contributed by atoms with E-state index in [1.54, 1.807) is 0 Å². The van der Waals surface area contributed by atoms with Crippen molar-refractivity contribution >= 4 is 27.6 Å². The van der Waals surface area contributed by atoms with E-state index in [0.29, 0.717) is 5.69 Å². The second kappa shape index (κ2) is 4.96. The summed E-state index contributed by atoms with van der Waals surface area (Å²) in [5.41, 5.74) is 5.31. The van der Waals surface area contributed by atoms with E-state index in [-0.39, 0.29) is 0 Å². The molecule has 2 aromatic heterocycles. The van der Waals surface area contributed by atoms with Crippen LogP contribution in [0.4, 0.5) is 5.69 Å². The van der Waals surface area contributed by atoms with Crippen molar-refractivity contribution in [1.82, 2.24) is 0 Å². The van der Waals surface area contributed by atoms with Crippen molar-refractivity contribution in [3.63, 3.8) is 0 Å². The second-order valence-electron chi connectivity index (χ2n) is 5.70. The Hall–Kier alpha value is -3.12. The van der Waals surface area contributed by atoms with E-state index in [1.807, 2.05) is 73.3 Å². The minimum Gasteiger partial charge on any atom is -0.457 e. The van der Waals surface area contributed by atoms with Crippen LogP contribution in [0.3, 0.4) is 0 Å². The largest absolute Gasteiger partial charge is 0.457 e. The number of aryl methyl sites for hydroxylation is 2. The molecule has 0 aliphatic carbocycles. The lowest BCUT2D eigenvalue weighted by Gasteiger charge is -2.08. The Labute approximate surface area is 134 Å². The standard InChI is InChI=1S/C20H15N2O/c1-13-12-17-19(14-8-4-5-10-16(14)23-17)20(21-2)18(13)15-9-6-7-11-22(15)3/h4-12H,1,3H3/q+1. The molecule has 0 saturated heterocycles. The van der Waals surface area contributed by atoms with Crippen molar-refractivity contribution in [3.05, 3.63) is 71.7 Å². The number of aromatic nitrogens is 1. The average molecular weight is 299 g/mol. The minimum absolute atomic E-state index is 0.659. The van der Waals surface area contributed by atoms with Crippen LogP contribution in [0.25, 0.3) is 38.0 Å². The summed E-state index contributed by atoms with van der Waals surface area (Å²) in [5.74, 6) is 0. The molecule has 0 fully saturated rings. The van der Waals surface area contributed by atoms with E-state index in [1.165, 1.54) is 0 Å². The molecule has 110 valence electrons. The Balaban J connectivity index is 2.22. The van der Waals surface area contributed by atoms with E-state index in [9.17, 15) is 0 Å². The van der Waals surface area contributed by atoms with E-state index in [2.05, 4.69) is 4.85 Å². The molecule has 0 saturated carbocycles. The van der Waals surface area contributed by atoms with Crippen LogP contribution in [0, 0.1) is 13.5 Å². The molecule has 2 heterocycles. The summed E-state index contributed by atoms with van der Waals surface area (Å²) in [6.45, 7) is 9.80. The molecule has 0 amide bonds. The third-order valence-electron chi connectivity index (χ3n) is 4.26. The molecule has 4 rings (SSSR count). The van der Waals surface area contributed by atoms with Crippen LogP contribution in [0.5, 0.6) is 0 Å². The molecule has 3 nitrogen and oxygen atoms in total. The predicted octanol–water partition coefficient (Wildman–Crippen LogP) is 4.94. The molecule has 0 aliphatic rings. The van der Waals surface area contributed by atoms with Crippen molar-refractivity contribution in [2.45, 2.75) is 6.92 Å². The molecule has 0 unspecified atom stereocenters. The molecule has 2 aromatic carbocycles. The van der Waals surface area contributed by atoms with Gasteiger partial charge in [-0.25, -0.2) is 9.41 Å². The fourth-order valence-electron chi connectivity index (χ4n) is 3.21.